The van der Waals surface area contributed by atoms with E-state index in [-0.39, 0.29) is 18.3 Å². The molecule has 0 fully saturated rings. The predicted molar refractivity (Wildman–Crippen MR) is 73.6 cm³/mol. The van der Waals surface area contributed by atoms with Gasteiger partial charge in [0.05, 0.1) is 6.42 Å². The maximum absolute atomic E-state index is 12.3. The van der Waals surface area contributed by atoms with Crippen LogP contribution in [-0.4, -0.2) is 26.7 Å². The van der Waals surface area contributed by atoms with E-state index in [0.717, 1.165) is 30.1 Å². The first kappa shape index (κ1) is 12.8. The molecule has 104 valence electrons. The molecule has 0 saturated heterocycles. The zero-order valence-corrected chi connectivity index (χ0v) is 11.5. The van der Waals surface area contributed by atoms with E-state index in [1.807, 2.05) is 24.3 Å². The number of aryl methyl sites for hydroxylation is 1. The van der Waals surface area contributed by atoms with Crippen molar-refractivity contribution in [1.82, 2.24) is 14.8 Å². The lowest BCUT2D eigenvalue weighted by Crippen LogP contribution is -2.28. The molecule has 2 aromatic rings. The number of carbonyl (C=O) groups is 1. The molecule has 0 bridgehead atoms. The highest BCUT2D eigenvalue weighted by molar-refractivity contribution is 5.86. The molecule has 20 heavy (non-hydrogen) atoms. The second kappa shape index (κ2) is 5.45. The average Bonchev–Trinajstić information content (AvgIpc) is 3.06. The molecule has 1 aliphatic rings. The molecule has 1 atom stereocenters. The Morgan fingerprint density at radius 1 is 1.45 bits per heavy atom. The minimum absolute atomic E-state index is 0.0616. The van der Waals surface area contributed by atoms with Crippen LogP contribution in [-0.2, 0) is 24.2 Å². The Labute approximate surface area is 117 Å². The molecule has 1 unspecified atom stereocenters. The number of carbonyl (C=O) groups excluding carboxylic acids is 1. The standard InChI is InChI=1S/C15H17N3O2/c1-2-7-18-15(16-10-17-18)9-12(19)14-8-11-5-3-4-6-13(11)20-14/h3-6,10,14H,2,7-9H2,1H3. The highest BCUT2D eigenvalue weighted by atomic mass is 16.5. The zero-order valence-electron chi connectivity index (χ0n) is 11.5. The van der Waals surface area contributed by atoms with Crippen LogP contribution in [0.15, 0.2) is 30.6 Å². The number of ketones is 1. The smallest absolute Gasteiger partial charge is 0.181 e. The minimum Gasteiger partial charge on any atom is -0.482 e. The van der Waals surface area contributed by atoms with Crippen LogP contribution in [0.3, 0.4) is 0 Å². The topological polar surface area (TPSA) is 57.0 Å². The summed E-state index contributed by atoms with van der Waals surface area (Å²) in [5, 5.41) is 4.14. The van der Waals surface area contributed by atoms with Gasteiger partial charge in [-0.1, -0.05) is 25.1 Å². The lowest BCUT2D eigenvalue weighted by molar-refractivity contribution is -0.124. The van der Waals surface area contributed by atoms with Gasteiger partial charge in [-0.15, -0.1) is 0 Å². The first-order valence-electron chi connectivity index (χ1n) is 6.92. The number of Topliss-reactive ketones (excluding diaryl/α,β-unsaturated/α-hetero) is 1. The van der Waals surface area contributed by atoms with Crippen LogP contribution < -0.4 is 4.74 Å². The van der Waals surface area contributed by atoms with Gasteiger partial charge in [0.25, 0.3) is 0 Å². The molecule has 0 aliphatic carbocycles. The molecule has 0 spiro atoms. The second-order valence-electron chi connectivity index (χ2n) is 4.96. The van der Waals surface area contributed by atoms with Crippen molar-refractivity contribution in [3.63, 3.8) is 0 Å². The average molecular weight is 271 g/mol. The highest BCUT2D eigenvalue weighted by Gasteiger charge is 2.29. The first-order valence-corrected chi connectivity index (χ1v) is 6.92. The van der Waals surface area contributed by atoms with Crippen LogP contribution in [0, 0.1) is 0 Å². The maximum atomic E-state index is 12.3. The Morgan fingerprint density at radius 3 is 3.10 bits per heavy atom. The summed E-state index contributed by atoms with van der Waals surface area (Å²) in [6.45, 7) is 2.86. The van der Waals surface area contributed by atoms with Crippen LogP contribution in [0.25, 0.3) is 0 Å². The van der Waals surface area contributed by atoms with Gasteiger partial charge in [0.2, 0.25) is 0 Å². The summed E-state index contributed by atoms with van der Waals surface area (Å²) in [6.07, 6.45) is 3.01. The number of hydrogen-bond acceptors (Lipinski definition) is 4. The summed E-state index contributed by atoms with van der Waals surface area (Å²) >= 11 is 0. The molecule has 0 amide bonds. The lowest BCUT2D eigenvalue weighted by atomic mass is 10.1. The Kier molecular flexibility index (Phi) is 3.50. The third-order valence-corrected chi connectivity index (χ3v) is 3.47. The molecule has 0 saturated carbocycles. The fourth-order valence-electron chi connectivity index (χ4n) is 2.45. The zero-order chi connectivity index (χ0) is 13.9. The minimum atomic E-state index is -0.390. The fourth-order valence-corrected chi connectivity index (χ4v) is 2.45. The van der Waals surface area contributed by atoms with E-state index in [0.29, 0.717) is 6.42 Å². The highest BCUT2D eigenvalue weighted by Crippen LogP contribution is 2.28. The summed E-state index contributed by atoms with van der Waals surface area (Å²) in [4.78, 5) is 16.5. The molecule has 1 aromatic carbocycles. The van der Waals surface area contributed by atoms with Crippen molar-refractivity contribution < 1.29 is 9.53 Å². The quantitative estimate of drug-likeness (QED) is 0.832. The summed E-state index contributed by atoms with van der Waals surface area (Å²) < 4.78 is 7.50. The summed E-state index contributed by atoms with van der Waals surface area (Å²) in [5.74, 6) is 1.60. The van der Waals surface area contributed by atoms with Crippen molar-refractivity contribution in [3.05, 3.63) is 42.0 Å². The van der Waals surface area contributed by atoms with Gasteiger partial charge in [0, 0.05) is 13.0 Å². The van der Waals surface area contributed by atoms with Gasteiger partial charge in [-0.3, -0.25) is 4.79 Å². The number of nitrogens with zero attached hydrogens (tertiary/aromatic N) is 3. The number of benzene rings is 1. The van der Waals surface area contributed by atoms with Gasteiger partial charge in [-0.2, -0.15) is 5.10 Å². The molecule has 2 heterocycles. The number of para-hydroxylation sites is 1. The van der Waals surface area contributed by atoms with Gasteiger partial charge >= 0.3 is 0 Å². The predicted octanol–water partition coefficient (Wildman–Crippen LogP) is 1.80. The van der Waals surface area contributed by atoms with Crippen LogP contribution in [0.1, 0.15) is 24.7 Å². The van der Waals surface area contributed by atoms with Gasteiger partial charge in [-0.05, 0) is 18.1 Å². The van der Waals surface area contributed by atoms with E-state index in [4.69, 9.17) is 4.74 Å². The molecule has 0 N–H and O–H groups in total. The Hall–Kier alpha value is -2.17. The van der Waals surface area contributed by atoms with Crippen molar-refractivity contribution in [1.29, 1.82) is 0 Å². The largest absolute Gasteiger partial charge is 0.482 e. The maximum Gasteiger partial charge on any atom is 0.181 e. The fraction of sp³-hybridized carbons (Fsp3) is 0.400. The van der Waals surface area contributed by atoms with Crippen LogP contribution in [0.4, 0.5) is 0 Å². The number of rotatable bonds is 5. The van der Waals surface area contributed by atoms with E-state index in [1.54, 1.807) is 4.68 Å². The van der Waals surface area contributed by atoms with Crippen molar-refractivity contribution >= 4 is 5.78 Å². The number of fused-ring (bicyclic) bond motifs is 1. The van der Waals surface area contributed by atoms with Gasteiger partial charge < -0.3 is 4.74 Å². The van der Waals surface area contributed by atoms with Gasteiger partial charge in [0.15, 0.2) is 11.9 Å². The van der Waals surface area contributed by atoms with E-state index in [2.05, 4.69) is 17.0 Å². The lowest BCUT2D eigenvalue weighted by Gasteiger charge is -2.09. The van der Waals surface area contributed by atoms with Gasteiger partial charge in [-0.25, -0.2) is 9.67 Å². The normalized spacial score (nSPS) is 16.8. The van der Waals surface area contributed by atoms with E-state index >= 15 is 0 Å². The number of ether oxygens (including phenoxy) is 1. The molecule has 5 heteroatoms. The SMILES string of the molecule is CCCn1ncnc1CC(=O)C1Cc2ccccc2O1. The third-order valence-electron chi connectivity index (χ3n) is 3.47. The van der Waals surface area contributed by atoms with Gasteiger partial charge in [0.1, 0.15) is 17.9 Å². The van der Waals surface area contributed by atoms with Crippen molar-refractivity contribution in [3.8, 4) is 5.75 Å². The summed E-state index contributed by atoms with van der Waals surface area (Å²) in [7, 11) is 0. The van der Waals surface area contributed by atoms with Crippen LogP contribution in [0.2, 0.25) is 0 Å². The molecular weight excluding hydrogens is 254 g/mol. The van der Waals surface area contributed by atoms with E-state index < -0.39 is 0 Å². The van der Waals surface area contributed by atoms with Crippen LogP contribution >= 0.6 is 0 Å². The molecule has 1 aromatic heterocycles. The molecular formula is C15H17N3O2. The third kappa shape index (κ3) is 2.43. The molecule has 5 nitrogen and oxygen atoms in total. The molecule has 1 aliphatic heterocycles. The van der Waals surface area contributed by atoms with Crippen molar-refractivity contribution in [2.75, 3.05) is 0 Å². The van der Waals surface area contributed by atoms with E-state index in [1.165, 1.54) is 6.33 Å². The Morgan fingerprint density at radius 2 is 2.30 bits per heavy atom. The molecule has 0 radical (unpaired) electrons. The number of aromatic nitrogens is 3. The number of hydrogen-bond donors (Lipinski definition) is 0. The Balaban J connectivity index is 1.68. The van der Waals surface area contributed by atoms with Crippen molar-refractivity contribution in [2.45, 2.75) is 38.8 Å². The van der Waals surface area contributed by atoms with E-state index in [9.17, 15) is 4.79 Å². The van der Waals surface area contributed by atoms with Crippen LogP contribution in [0.5, 0.6) is 5.75 Å². The first-order chi connectivity index (χ1) is 9.78. The Bertz CT molecular complexity index is 596. The monoisotopic (exact) mass is 271 g/mol. The summed E-state index contributed by atoms with van der Waals surface area (Å²) in [6, 6.07) is 7.79. The summed E-state index contributed by atoms with van der Waals surface area (Å²) in [5.41, 5.74) is 1.10. The second-order valence-corrected chi connectivity index (χ2v) is 4.96. The molecule has 3 rings (SSSR count). The van der Waals surface area contributed by atoms with Crippen molar-refractivity contribution in [2.24, 2.45) is 0 Å².